The van der Waals surface area contributed by atoms with Crippen LogP contribution in [0, 0.1) is 27.7 Å². The van der Waals surface area contributed by atoms with Crippen molar-refractivity contribution in [3.8, 4) is 11.5 Å². The molecule has 4 aromatic carbocycles. The molecule has 0 N–H and O–H groups in total. The zero-order valence-corrected chi connectivity index (χ0v) is 22.3. The molecule has 0 atom stereocenters. The third-order valence-corrected chi connectivity index (χ3v) is 9.84. The van der Waals surface area contributed by atoms with Crippen molar-refractivity contribution < 1.29 is 8.85 Å². The van der Waals surface area contributed by atoms with Crippen molar-refractivity contribution in [2.75, 3.05) is 7.05 Å². The molecule has 1 aliphatic rings. The van der Waals surface area contributed by atoms with Crippen LogP contribution in [-0.2, 0) is 13.1 Å². The zero-order valence-electron chi connectivity index (χ0n) is 21.3. The van der Waals surface area contributed by atoms with Crippen molar-refractivity contribution in [3.63, 3.8) is 0 Å². The molecule has 1 heterocycles. The molecule has 35 heavy (non-hydrogen) atoms. The normalized spacial score (nSPS) is 15.3. The van der Waals surface area contributed by atoms with Crippen LogP contribution < -0.4 is 19.2 Å². The summed E-state index contributed by atoms with van der Waals surface area (Å²) in [5, 5.41) is 2.19. The van der Waals surface area contributed by atoms with E-state index in [9.17, 15) is 0 Å². The number of rotatable bonds is 2. The van der Waals surface area contributed by atoms with E-state index in [4.69, 9.17) is 8.85 Å². The second-order valence-electron chi connectivity index (χ2n) is 9.87. The van der Waals surface area contributed by atoms with E-state index in [0.717, 1.165) is 46.1 Å². The van der Waals surface area contributed by atoms with Gasteiger partial charge in [-0.2, -0.15) is 0 Å². The topological polar surface area (TPSA) is 21.7 Å². The van der Waals surface area contributed by atoms with E-state index < -0.39 is 8.56 Å². The first-order chi connectivity index (χ1) is 16.9. The van der Waals surface area contributed by atoms with Gasteiger partial charge >= 0.3 is 8.56 Å². The van der Waals surface area contributed by atoms with Crippen LogP contribution in [0.5, 0.6) is 11.5 Å². The Kier molecular flexibility index (Phi) is 6.26. The average molecular weight is 480 g/mol. The van der Waals surface area contributed by atoms with Gasteiger partial charge in [-0.3, -0.25) is 4.90 Å². The monoisotopic (exact) mass is 479 g/mol. The Hall–Kier alpha value is -3.34. The molecule has 4 heteroatoms. The molecule has 0 saturated heterocycles. The third kappa shape index (κ3) is 4.52. The maximum atomic E-state index is 7.30. The smallest absolute Gasteiger partial charge is 0.505 e. The first-order valence-electron chi connectivity index (χ1n) is 12.2. The van der Waals surface area contributed by atoms with Crippen molar-refractivity contribution in [2.24, 2.45) is 0 Å². The second-order valence-corrected chi connectivity index (χ2v) is 12.7. The van der Waals surface area contributed by atoms with E-state index in [1.54, 1.807) is 0 Å². The predicted molar refractivity (Wildman–Crippen MR) is 146 cm³/mol. The van der Waals surface area contributed by atoms with Gasteiger partial charge in [0.2, 0.25) is 0 Å². The van der Waals surface area contributed by atoms with Crippen molar-refractivity contribution in [1.29, 1.82) is 0 Å². The highest BCUT2D eigenvalue weighted by atomic mass is 28.4. The molecule has 0 fully saturated rings. The van der Waals surface area contributed by atoms with Gasteiger partial charge in [-0.05, 0) is 45.9 Å². The summed E-state index contributed by atoms with van der Waals surface area (Å²) in [5.74, 6) is 1.88. The van der Waals surface area contributed by atoms with Crippen LogP contribution in [0.1, 0.15) is 33.4 Å². The van der Waals surface area contributed by atoms with Gasteiger partial charge in [-0.1, -0.05) is 96.1 Å². The Bertz CT molecular complexity index is 1250. The van der Waals surface area contributed by atoms with Crippen LogP contribution >= 0.6 is 0 Å². The van der Waals surface area contributed by atoms with Gasteiger partial charge in [0.1, 0.15) is 11.5 Å². The van der Waals surface area contributed by atoms with Crippen molar-refractivity contribution in [2.45, 2.75) is 40.8 Å². The van der Waals surface area contributed by atoms with Gasteiger partial charge in [-0.25, -0.2) is 0 Å². The summed E-state index contributed by atoms with van der Waals surface area (Å²) in [4.78, 5) is 2.35. The number of nitrogens with zero attached hydrogens (tertiary/aromatic N) is 1. The second kappa shape index (κ2) is 9.37. The summed E-state index contributed by atoms with van der Waals surface area (Å²) >= 11 is 0. The quantitative estimate of drug-likeness (QED) is 0.350. The first kappa shape index (κ1) is 23.4. The summed E-state index contributed by atoms with van der Waals surface area (Å²) in [6.45, 7) is 10.2. The van der Waals surface area contributed by atoms with Gasteiger partial charge in [0.05, 0.1) is 0 Å². The minimum absolute atomic E-state index is 0.804. The maximum Gasteiger partial charge on any atom is 0.531 e. The molecule has 5 rings (SSSR count). The number of aryl methyl sites for hydroxylation is 4. The fraction of sp³-hybridized carbons (Fsp3) is 0.226. The molecule has 0 aliphatic carbocycles. The highest BCUT2D eigenvalue weighted by Crippen LogP contribution is 2.35. The van der Waals surface area contributed by atoms with E-state index >= 15 is 0 Å². The third-order valence-electron chi connectivity index (χ3n) is 6.67. The summed E-state index contributed by atoms with van der Waals surface area (Å²) < 4.78 is 14.6. The molecule has 0 spiro atoms. The van der Waals surface area contributed by atoms with Gasteiger partial charge in [0.25, 0.3) is 0 Å². The standard InChI is InChI=1S/C31H33NO2Si/c1-22-16-24(3)30-26(18-22)20-32(5)21-27-19-23(2)17-25(4)31(27)34-35(33-30,28-12-8-6-9-13-28)29-14-10-7-11-15-29/h6-19H,20-21H2,1-5H3. The van der Waals surface area contributed by atoms with Crippen LogP contribution in [0.3, 0.4) is 0 Å². The zero-order chi connectivity index (χ0) is 24.6. The lowest BCUT2D eigenvalue weighted by Gasteiger charge is -2.36. The molecule has 178 valence electrons. The predicted octanol–water partition coefficient (Wildman–Crippen LogP) is 5.58. The Morgan fingerprint density at radius 3 is 1.40 bits per heavy atom. The Morgan fingerprint density at radius 2 is 1.00 bits per heavy atom. The van der Waals surface area contributed by atoms with Crippen LogP contribution in [0.2, 0.25) is 0 Å². The number of hydrogen-bond acceptors (Lipinski definition) is 3. The van der Waals surface area contributed by atoms with E-state index in [-0.39, 0.29) is 0 Å². The van der Waals surface area contributed by atoms with Gasteiger partial charge in [-0.15, -0.1) is 0 Å². The van der Waals surface area contributed by atoms with Gasteiger partial charge in [0.15, 0.2) is 0 Å². The summed E-state index contributed by atoms with van der Waals surface area (Å²) in [7, 11) is -1.04. The SMILES string of the molecule is Cc1cc(C)c2c(c1)CN(C)Cc1cc(C)cc(C)c1O[Si](c1ccccc1)(c1ccccc1)O2. The lowest BCUT2D eigenvalue weighted by atomic mass is 10.0. The minimum atomic E-state index is -3.21. The Morgan fingerprint density at radius 1 is 0.600 bits per heavy atom. The van der Waals surface area contributed by atoms with Gasteiger partial charge in [0, 0.05) is 34.6 Å². The van der Waals surface area contributed by atoms with Crippen molar-refractivity contribution in [1.82, 2.24) is 4.90 Å². The molecular formula is C31H33NO2Si. The molecule has 0 saturated carbocycles. The fourth-order valence-electron chi connectivity index (χ4n) is 5.27. The molecule has 0 radical (unpaired) electrons. The van der Waals surface area contributed by atoms with Crippen LogP contribution in [-0.4, -0.2) is 20.5 Å². The largest absolute Gasteiger partial charge is 0.531 e. The lowest BCUT2D eigenvalue weighted by molar-refractivity contribution is 0.301. The molecule has 4 aromatic rings. The molecule has 3 nitrogen and oxygen atoms in total. The fourth-order valence-corrected chi connectivity index (χ4v) is 8.54. The van der Waals surface area contributed by atoms with Crippen LogP contribution in [0.15, 0.2) is 84.9 Å². The van der Waals surface area contributed by atoms with Crippen molar-refractivity contribution in [3.05, 3.63) is 118 Å². The highest BCUT2D eigenvalue weighted by molar-refractivity contribution is 6.93. The minimum Gasteiger partial charge on any atom is -0.505 e. The summed E-state index contributed by atoms with van der Waals surface area (Å²) in [6, 6.07) is 30.0. The summed E-state index contributed by atoms with van der Waals surface area (Å²) in [5.41, 5.74) is 7.17. The molecule has 0 amide bonds. The van der Waals surface area contributed by atoms with E-state index in [2.05, 4.69) is 125 Å². The summed E-state index contributed by atoms with van der Waals surface area (Å²) in [6.07, 6.45) is 0. The Labute approximate surface area is 210 Å². The van der Waals surface area contributed by atoms with Crippen LogP contribution in [0.4, 0.5) is 0 Å². The van der Waals surface area contributed by atoms with E-state index in [1.807, 2.05) is 0 Å². The number of fused-ring (bicyclic) bond motifs is 2. The van der Waals surface area contributed by atoms with Crippen LogP contribution in [0.25, 0.3) is 0 Å². The highest BCUT2D eigenvalue weighted by Gasteiger charge is 2.49. The lowest BCUT2D eigenvalue weighted by Crippen LogP contribution is -2.68. The first-order valence-corrected chi connectivity index (χ1v) is 14.1. The maximum absolute atomic E-state index is 7.30. The molecular weight excluding hydrogens is 446 g/mol. The molecule has 0 bridgehead atoms. The van der Waals surface area contributed by atoms with E-state index in [0.29, 0.717) is 0 Å². The average Bonchev–Trinajstić information content (AvgIpc) is 2.83. The molecule has 0 unspecified atom stereocenters. The van der Waals surface area contributed by atoms with E-state index in [1.165, 1.54) is 22.3 Å². The Balaban J connectivity index is 1.84. The van der Waals surface area contributed by atoms with Crippen molar-refractivity contribution >= 4 is 18.9 Å². The molecule has 0 aromatic heterocycles. The molecule has 1 aliphatic heterocycles. The van der Waals surface area contributed by atoms with Gasteiger partial charge < -0.3 is 8.85 Å². The number of benzene rings is 4. The number of hydrogen-bond donors (Lipinski definition) is 0.